The first-order chi connectivity index (χ1) is 11.2. The van der Waals surface area contributed by atoms with Crippen LogP contribution in [0.25, 0.3) is 0 Å². The van der Waals surface area contributed by atoms with E-state index in [1.54, 1.807) is 11.1 Å². The van der Waals surface area contributed by atoms with Gasteiger partial charge in [0.1, 0.15) is 6.04 Å². The maximum absolute atomic E-state index is 12.5. The zero-order valence-corrected chi connectivity index (χ0v) is 12.9. The Balaban J connectivity index is 1.58. The van der Waals surface area contributed by atoms with Crippen LogP contribution >= 0.6 is 0 Å². The number of H-pyrrole nitrogens is 1. The fourth-order valence-electron chi connectivity index (χ4n) is 2.89. The van der Waals surface area contributed by atoms with Crippen molar-refractivity contribution in [1.29, 1.82) is 0 Å². The summed E-state index contributed by atoms with van der Waals surface area (Å²) < 4.78 is 0. The van der Waals surface area contributed by atoms with E-state index < -0.39 is 0 Å². The second-order valence-corrected chi connectivity index (χ2v) is 5.71. The third-order valence-electron chi connectivity index (χ3n) is 4.09. The van der Waals surface area contributed by atoms with Crippen LogP contribution in [0, 0.1) is 0 Å². The topological polar surface area (TPSA) is 78.1 Å². The molecule has 23 heavy (non-hydrogen) atoms. The largest absolute Gasteiger partial charge is 0.349 e. The molecule has 120 valence electrons. The van der Waals surface area contributed by atoms with Gasteiger partial charge in [0.25, 0.3) is 0 Å². The number of nitrogens with one attached hydrogen (secondary N) is 2. The molecule has 1 fully saturated rings. The van der Waals surface area contributed by atoms with E-state index in [1.807, 2.05) is 36.4 Å². The summed E-state index contributed by atoms with van der Waals surface area (Å²) in [5.74, 6) is -0.0890. The highest BCUT2D eigenvalue weighted by atomic mass is 16.2. The lowest BCUT2D eigenvalue weighted by Gasteiger charge is -2.24. The monoisotopic (exact) mass is 312 g/mol. The van der Waals surface area contributed by atoms with Crippen LogP contribution in [0.2, 0.25) is 0 Å². The zero-order valence-electron chi connectivity index (χ0n) is 12.9. The van der Waals surface area contributed by atoms with Gasteiger partial charge in [-0.1, -0.05) is 30.3 Å². The molecule has 0 saturated carbocycles. The van der Waals surface area contributed by atoms with E-state index in [2.05, 4.69) is 15.5 Å². The molecule has 1 aliphatic rings. The Labute approximate surface area is 134 Å². The number of hydrogen-bond donors (Lipinski definition) is 2. The Morgan fingerprint density at radius 3 is 2.83 bits per heavy atom. The van der Waals surface area contributed by atoms with E-state index >= 15 is 0 Å². The summed E-state index contributed by atoms with van der Waals surface area (Å²) in [4.78, 5) is 26.6. The average Bonchev–Trinajstić information content (AvgIpc) is 3.25. The average molecular weight is 312 g/mol. The van der Waals surface area contributed by atoms with Gasteiger partial charge in [0.15, 0.2) is 0 Å². The first-order valence-electron chi connectivity index (χ1n) is 7.83. The number of carbonyl (C=O) groups is 2. The molecule has 0 bridgehead atoms. The van der Waals surface area contributed by atoms with Gasteiger partial charge in [-0.2, -0.15) is 5.10 Å². The molecule has 1 aromatic carbocycles. The van der Waals surface area contributed by atoms with E-state index in [4.69, 9.17) is 0 Å². The minimum atomic E-state index is -0.367. The van der Waals surface area contributed by atoms with Gasteiger partial charge >= 0.3 is 0 Å². The van der Waals surface area contributed by atoms with Crippen LogP contribution in [0.1, 0.15) is 24.1 Å². The number of carbonyl (C=O) groups excluding carboxylic acids is 2. The standard InChI is InChI=1S/C17H20N4O2/c22-16(11-13-5-2-1-3-6-13)21-10-4-7-15(21)17(23)18-12-14-8-9-19-20-14/h1-3,5-6,8-9,15H,4,7,10-12H2,(H,18,23)(H,19,20). The molecule has 1 unspecified atom stereocenters. The predicted octanol–water partition coefficient (Wildman–Crippen LogP) is 1.26. The molecule has 1 atom stereocenters. The quantitative estimate of drug-likeness (QED) is 0.872. The summed E-state index contributed by atoms with van der Waals surface area (Å²) in [6, 6.07) is 11.1. The van der Waals surface area contributed by atoms with Crippen molar-refractivity contribution in [2.75, 3.05) is 6.54 Å². The summed E-state index contributed by atoms with van der Waals surface area (Å²) in [6.45, 7) is 1.05. The van der Waals surface area contributed by atoms with Crippen LogP contribution in [0.15, 0.2) is 42.6 Å². The predicted molar refractivity (Wildman–Crippen MR) is 85.3 cm³/mol. The van der Waals surface area contributed by atoms with Crippen LogP contribution in [0.3, 0.4) is 0 Å². The van der Waals surface area contributed by atoms with E-state index in [0.717, 1.165) is 24.1 Å². The molecule has 6 nitrogen and oxygen atoms in total. The van der Waals surface area contributed by atoms with Crippen LogP contribution < -0.4 is 5.32 Å². The molecular weight excluding hydrogens is 292 g/mol. The van der Waals surface area contributed by atoms with E-state index in [-0.39, 0.29) is 17.9 Å². The van der Waals surface area contributed by atoms with E-state index in [0.29, 0.717) is 19.5 Å². The third-order valence-corrected chi connectivity index (χ3v) is 4.09. The molecule has 6 heteroatoms. The molecular formula is C17H20N4O2. The lowest BCUT2D eigenvalue weighted by atomic mass is 10.1. The number of aromatic amines is 1. The summed E-state index contributed by atoms with van der Waals surface area (Å²) in [5.41, 5.74) is 1.82. The Hall–Kier alpha value is -2.63. The van der Waals surface area contributed by atoms with Gasteiger partial charge in [0, 0.05) is 12.7 Å². The SMILES string of the molecule is O=C(NCc1ccn[nH]1)C1CCCN1C(=O)Cc1ccccc1. The van der Waals surface area contributed by atoms with Gasteiger partial charge in [0.05, 0.1) is 18.7 Å². The van der Waals surface area contributed by atoms with Crippen molar-refractivity contribution < 1.29 is 9.59 Å². The van der Waals surface area contributed by atoms with Crippen molar-refractivity contribution >= 4 is 11.8 Å². The Morgan fingerprint density at radius 2 is 2.09 bits per heavy atom. The van der Waals surface area contributed by atoms with Crippen molar-refractivity contribution in [1.82, 2.24) is 20.4 Å². The maximum Gasteiger partial charge on any atom is 0.243 e. The fraction of sp³-hybridized carbons (Fsp3) is 0.353. The molecule has 2 aromatic rings. The Bertz CT molecular complexity index is 654. The molecule has 2 N–H and O–H groups in total. The van der Waals surface area contributed by atoms with Crippen LogP contribution in [-0.4, -0.2) is 39.5 Å². The number of nitrogens with zero attached hydrogens (tertiary/aromatic N) is 2. The number of aromatic nitrogens is 2. The highest BCUT2D eigenvalue weighted by molar-refractivity contribution is 5.89. The highest BCUT2D eigenvalue weighted by Gasteiger charge is 2.33. The maximum atomic E-state index is 12.5. The second-order valence-electron chi connectivity index (χ2n) is 5.71. The first-order valence-corrected chi connectivity index (χ1v) is 7.83. The van der Waals surface area contributed by atoms with Gasteiger partial charge in [0.2, 0.25) is 11.8 Å². The molecule has 0 radical (unpaired) electrons. The molecule has 2 amide bonds. The van der Waals surface area contributed by atoms with Gasteiger partial charge in [-0.25, -0.2) is 0 Å². The molecule has 0 spiro atoms. The first kappa shape index (κ1) is 15.3. The summed E-state index contributed by atoms with van der Waals surface area (Å²) in [6.07, 6.45) is 3.57. The van der Waals surface area contributed by atoms with Crippen molar-refractivity contribution in [2.45, 2.75) is 31.8 Å². The fourth-order valence-corrected chi connectivity index (χ4v) is 2.89. The summed E-state index contributed by atoms with van der Waals surface area (Å²) in [7, 11) is 0. The third kappa shape index (κ3) is 3.77. The Kier molecular flexibility index (Phi) is 4.71. The summed E-state index contributed by atoms with van der Waals surface area (Å²) >= 11 is 0. The molecule has 1 aromatic heterocycles. The number of rotatable bonds is 5. The van der Waals surface area contributed by atoms with Crippen LogP contribution in [0.5, 0.6) is 0 Å². The molecule has 0 aliphatic carbocycles. The summed E-state index contributed by atoms with van der Waals surface area (Å²) in [5, 5.41) is 9.52. The zero-order chi connectivity index (χ0) is 16.1. The minimum absolute atomic E-state index is 0.00962. The number of hydrogen-bond acceptors (Lipinski definition) is 3. The minimum Gasteiger partial charge on any atom is -0.349 e. The van der Waals surface area contributed by atoms with Gasteiger partial charge in [-0.15, -0.1) is 0 Å². The second kappa shape index (κ2) is 7.09. The highest BCUT2D eigenvalue weighted by Crippen LogP contribution is 2.19. The van der Waals surface area contributed by atoms with Crippen molar-refractivity contribution in [3.63, 3.8) is 0 Å². The van der Waals surface area contributed by atoms with Gasteiger partial charge in [-0.3, -0.25) is 14.7 Å². The lowest BCUT2D eigenvalue weighted by molar-refractivity contribution is -0.138. The van der Waals surface area contributed by atoms with Crippen molar-refractivity contribution in [3.8, 4) is 0 Å². The van der Waals surface area contributed by atoms with E-state index in [1.165, 1.54) is 0 Å². The van der Waals surface area contributed by atoms with Gasteiger partial charge in [-0.05, 0) is 24.5 Å². The number of likely N-dealkylation sites (tertiary alicyclic amines) is 1. The number of amides is 2. The molecule has 1 aliphatic heterocycles. The molecule has 2 heterocycles. The number of benzene rings is 1. The normalized spacial score (nSPS) is 17.2. The van der Waals surface area contributed by atoms with Crippen LogP contribution in [-0.2, 0) is 22.6 Å². The Morgan fingerprint density at radius 1 is 1.26 bits per heavy atom. The molecule has 3 rings (SSSR count). The van der Waals surface area contributed by atoms with Crippen molar-refractivity contribution in [3.05, 3.63) is 53.9 Å². The van der Waals surface area contributed by atoms with E-state index in [9.17, 15) is 9.59 Å². The molecule has 1 saturated heterocycles. The van der Waals surface area contributed by atoms with Crippen molar-refractivity contribution in [2.24, 2.45) is 0 Å². The smallest absolute Gasteiger partial charge is 0.243 e. The van der Waals surface area contributed by atoms with Crippen LogP contribution in [0.4, 0.5) is 0 Å². The lowest BCUT2D eigenvalue weighted by Crippen LogP contribution is -2.46. The van der Waals surface area contributed by atoms with Gasteiger partial charge < -0.3 is 10.2 Å².